The summed E-state index contributed by atoms with van der Waals surface area (Å²) in [5, 5.41) is 3.20. The Morgan fingerprint density at radius 2 is 2.04 bits per heavy atom. The average molecular weight is 391 g/mol. The third-order valence-electron chi connectivity index (χ3n) is 4.72. The molecule has 0 aliphatic carbocycles. The highest BCUT2D eigenvalue weighted by Crippen LogP contribution is 2.19. The third kappa shape index (κ3) is 5.03. The van der Waals surface area contributed by atoms with Crippen LogP contribution in [-0.2, 0) is 16.3 Å². The number of carbonyl (C=O) groups is 1. The van der Waals surface area contributed by atoms with E-state index in [9.17, 15) is 17.6 Å². The van der Waals surface area contributed by atoms with Gasteiger partial charge in [-0.25, -0.2) is 12.8 Å². The number of hydrogen-bond donors (Lipinski definition) is 1. The molecule has 1 fully saturated rings. The number of halogens is 1. The maximum atomic E-state index is 12.9. The van der Waals surface area contributed by atoms with Crippen molar-refractivity contribution in [2.75, 3.05) is 30.4 Å². The highest BCUT2D eigenvalue weighted by Gasteiger charge is 2.33. The summed E-state index contributed by atoms with van der Waals surface area (Å²) in [5.41, 5.74) is 2.12. The van der Waals surface area contributed by atoms with Crippen molar-refractivity contribution in [3.8, 4) is 0 Å². The first-order chi connectivity index (χ1) is 12.8. The molecule has 3 rings (SSSR count). The van der Waals surface area contributed by atoms with E-state index >= 15 is 0 Å². The number of aromatic nitrogens is 1. The molecule has 8 heteroatoms. The predicted octanol–water partition coefficient (Wildman–Crippen LogP) is 2.13. The van der Waals surface area contributed by atoms with Gasteiger partial charge in [0, 0.05) is 32.0 Å². The molecule has 27 heavy (non-hydrogen) atoms. The van der Waals surface area contributed by atoms with Crippen LogP contribution >= 0.6 is 0 Å². The molecule has 1 saturated heterocycles. The van der Waals surface area contributed by atoms with Gasteiger partial charge in [0.2, 0.25) is 0 Å². The molecule has 0 spiro atoms. The third-order valence-corrected chi connectivity index (χ3v) is 6.47. The fourth-order valence-electron chi connectivity index (χ4n) is 3.11. The lowest BCUT2D eigenvalue weighted by Gasteiger charge is -2.23. The van der Waals surface area contributed by atoms with Gasteiger partial charge in [0.15, 0.2) is 9.84 Å². The van der Waals surface area contributed by atoms with Gasteiger partial charge < -0.3 is 10.2 Å². The van der Waals surface area contributed by atoms with E-state index in [1.165, 1.54) is 23.2 Å². The Bertz CT molecular complexity index is 916. The molecule has 0 radical (unpaired) electrons. The van der Waals surface area contributed by atoms with Crippen LogP contribution in [0.2, 0.25) is 0 Å². The molecule has 2 heterocycles. The second-order valence-electron chi connectivity index (χ2n) is 6.74. The van der Waals surface area contributed by atoms with Gasteiger partial charge in [-0.15, -0.1) is 0 Å². The molecule has 0 saturated carbocycles. The number of hydrogen-bond acceptors (Lipinski definition) is 5. The van der Waals surface area contributed by atoms with Gasteiger partial charge in [0.1, 0.15) is 5.82 Å². The van der Waals surface area contributed by atoms with Crippen LogP contribution in [0.1, 0.15) is 22.3 Å². The fraction of sp³-hybridized carbons (Fsp3) is 0.368. The van der Waals surface area contributed by atoms with E-state index in [0.717, 1.165) is 5.56 Å². The molecular weight excluding hydrogens is 369 g/mol. The Labute approximate surface area is 158 Å². The number of carbonyl (C=O) groups excluding carboxylic acids is 1. The van der Waals surface area contributed by atoms with Crippen molar-refractivity contribution in [2.24, 2.45) is 0 Å². The fourth-order valence-corrected chi connectivity index (χ4v) is 4.88. The van der Waals surface area contributed by atoms with Gasteiger partial charge in [-0.05, 0) is 36.6 Å². The molecule has 1 atom stereocenters. The number of anilines is 1. The average Bonchev–Trinajstić information content (AvgIpc) is 3.02. The van der Waals surface area contributed by atoms with Crippen LogP contribution in [0, 0.1) is 5.82 Å². The number of pyridine rings is 1. The summed E-state index contributed by atoms with van der Waals surface area (Å²) >= 11 is 0. The molecule has 1 unspecified atom stereocenters. The van der Waals surface area contributed by atoms with E-state index < -0.39 is 9.84 Å². The summed E-state index contributed by atoms with van der Waals surface area (Å²) in [4.78, 5) is 18.2. The van der Waals surface area contributed by atoms with E-state index in [1.54, 1.807) is 31.4 Å². The maximum Gasteiger partial charge on any atom is 0.255 e. The number of amides is 1. The van der Waals surface area contributed by atoms with Gasteiger partial charge in [-0.2, -0.15) is 0 Å². The lowest BCUT2D eigenvalue weighted by Crippen LogP contribution is -2.37. The van der Waals surface area contributed by atoms with Crippen molar-refractivity contribution in [1.82, 2.24) is 9.88 Å². The zero-order valence-electron chi connectivity index (χ0n) is 15.1. The van der Waals surface area contributed by atoms with E-state index in [1.807, 2.05) is 0 Å². The van der Waals surface area contributed by atoms with Crippen molar-refractivity contribution in [1.29, 1.82) is 0 Å². The van der Waals surface area contributed by atoms with Crippen LogP contribution in [0.4, 0.5) is 10.1 Å². The van der Waals surface area contributed by atoms with Crippen molar-refractivity contribution in [3.63, 3.8) is 0 Å². The van der Waals surface area contributed by atoms with Gasteiger partial charge in [-0.3, -0.25) is 9.78 Å². The molecule has 2 aromatic rings. The van der Waals surface area contributed by atoms with E-state index in [0.29, 0.717) is 30.6 Å². The minimum Gasteiger partial charge on any atom is -0.383 e. The molecule has 1 aromatic carbocycles. The molecule has 1 aliphatic heterocycles. The van der Waals surface area contributed by atoms with Crippen molar-refractivity contribution in [3.05, 3.63) is 59.7 Å². The molecule has 144 valence electrons. The summed E-state index contributed by atoms with van der Waals surface area (Å²) in [6.45, 7) is 0.613. The lowest BCUT2D eigenvalue weighted by atomic mass is 10.1. The number of nitrogens with zero attached hydrogens (tertiary/aromatic N) is 2. The smallest absolute Gasteiger partial charge is 0.255 e. The number of sulfone groups is 1. The highest BCUT2D eigenvalue weighted by molar-refractivity contribution is 7.91. The quantitative estimate of drug-likeness (QED) is 0.816. The number of rotatable bonds is 6. The zero-order chi connectivity index (χ0) is 19.4. The largest absolute Gasteiger partial charge is 0.383 e. The minimum atomic E-state index is -3.05. The standard InChI is InChI=1S/C19H22FN3O3S/c1-23(18-7-9-27(25,26)13-18)19(24)15-10-17(12-21-11-15)22-8-6-14-2-4-16(20)5-3-14/h2-5,10-12,18,22H,6-9,13H2,1H3. The van der Waals surface area contributed by atoms with Gasteiger partial charge in [0.25, 0.3) is 5.91 Å². The molecule has 1 N–H and O–H groups in total. The molecule has 0 bridgehead atoms. The molecular formula is C19H22FN3O3S. The Hall–Kier alpha value is -2.48. The summed E-state index contributed by atoms with van der Waals surface area (Å²) in [5.74, 6) is -0.371. The predicted molar refractivity (Wildman–Crippen MR) is 102 cm³/mol. The molecule has 1 aliphatic rings. The maximum absolute atomic E-state index is 12.9. The van der Waals surface area contributed by atoms with Crippen LogP contribution in [0.15, 0.2) is 42.7 Å². The van der Waals surface area contributed by atoms with Crippen LogP contribution in [0.3, 0.4) is 0 Å². The van der Waals surface area contributed by atoms with Crippen LogP contribution < -0.4 is 5.32 Å². The topological polar surface area (TPSA) is 79.4 Å². The minimum absolute atomic E-state index is 0.0122. The van der Waals surface area contributed by atoms with Crippen molar-refractivity contribution in [2.45, 2.75) is 18.9 Å². The van der Waals surface area contributed by atoms with Crippen molar-refractivity contribution >= 4 is 21.4 Å². The number of benzene rings is 1. The Morgan fingerprint density at radius 1 is 1.30 bits per heavy atom. The van der Waals surface area contributed by atoms with Gasteiger partial charge in [-0.1, -0.05) is 12.1 Å². The zero-order valence-corrected chi connectivity index (χ0v) is 15.9. The summed E-state index contributed by atoms with van der Waals surface area (Å²) < 4.78 is 36.2. The normalized spacial score (nSPS) is 18.2. The van der Waals surface area contributed by atoms with Crippen LogP contribution in [0.25, 0.3) is 0 Å². The SMILES string of the molecule is CN(C(=O)c1cncc(NCCc2ccc(F)cc2)c1)C1CCS(=O)(=O)C1. The van der Waals surface area contributed by atoms with Gasteiger partial charge >= 0.3 is 0 Å². The van der Waals surface area contributed by atoms with Crippen molar-refractivity contribution < 1.29 is 17.6 Å². The monoisotopic (exact) mass is 391 g/mol. The Balaban J connectivity index is 1.59. The summed E-state index contributed by atoms with van der Waals surface area (Å²) in [7, 11) is -1.42. The Morgan fingerprint density at radius 3 is 2.70 bits per heavy atom. The highest BCUT2D eigenvalue weighted by atomic mass is 32.2. The second kappa shape index (κ2) is 8.04. The molecule has 1 amide bonds. The molecule has 6 nitrogen and oxygen atoms in total. The number of nitrogens with one attached hydrogen (secondary N) is 1. The van der Waals surface area contributed by atoms with E-state index in [2.05, 4.69) is 10.3 Å². The Kier molecular flexibility index (Phi) is 5.74. The first-order valence-corrected chi connectivity index (χ1v) is 10.6. The van der Waals surface area contributed by atoms with Crippen LogP contribution in [0.5, 0.6) is 0 Å². The lowest BCUT2D eigenvalue weighted by molar-refractivity contribution is 0.0747. The first kappa shape index (κ1) is 19.3. The summed E-state index contributed by atoms with van der Waals surface area (Å²) in [6, 6.07) is 7.74. The van der Waals surface area contributed by atoms with E-state index in [-0.39, 0.29) is 29.3 Å². The van der Waals surface area contributed by atoms with Crippen LogP contribution in [-0.4, -0.2) is 55.3 Å². The second-order valence-corrected chi connectivity index (χ2v) is 8.97. The summed E-state index contributed by atoms with van der Waals surface area (Å²) in [6.07, 6.45) is 4.28. The molecule has 1 aromatic heterocycles. The first-order valence-electron chi connectivity index (χ1n) is 8.75. The van der Waals surface area contributed by atoms with Gasteiger partial charge in [0.05, 0.1) is 22.8 Å². The van der Waals surface area contributed by atoms with E-state index in [4.69, 9.17) is 0 Å².